The molecule has 0 aliphatic rings. The number of aryl methyl sites for hydroxylation is 1. The molecule has 2 aromatic rings. The topological polar surface area (TPSA) is 54.9 Å². The van der Waals surface area contributed by atoms with Gasteiger partial charge in [-0.05, 0) is 30.9 Å². The number of carbonyl (C=O) groups is 1. The Balaban J connectivity index is 2.14. The van der Waals surface area contributed by atoms with E-state index >= 15 is 0 Å². The van der Waals surface area contributed by atoms with E-state index in [-0.39, 0.29) is 5.91 Å². The van der Waals surface area contributed by atoms with Gasteiger partial charge in [0.2, 0.25) is 5.13 Å². The largest absolute Gasteiger partial charge is 0.296 e. The summed E-state index contributed by atoms with van der Waals surface area (Å²) in [6.45, 7) is 2.08. The number of carbonyl (C=O) groups excluding carboxylic acids is 1. The lowest BCUT2D eigenvalue weighted by molar-refractivity contribution is 0.102. The van der Waals surface area contributed by atoms with E-state index in [0.717, 1.165) is 22.7 Å². The molecule has 1 aromatic heterocycles. The van der Waals surface area contributed by atoms with Crippen LogP contribution in [-0.4, -0.2) is 22.4 Å². The van der Waals surface area contributed by atoms with E-state index in [1.807, 2.05) is 12.3 Å². The van der Waals surface area contributed by atoms with E-state index in [4.69, 9.17) is 11.6 Å². The summed E-state index contributed by atoms with van der Waals surface area (Å²) in [5, 5.41) is 12.6. The van der Waals surface area contributed by atoms with Crippen molar-refractivity contribution in [2.75, 3.05) is 11.6 Å². The van der Waals surface area contributed by atoms with E-state index < -0.39 is 0 Å². The van der Waals surface area contributed by atoms with Gasteiger partial charge in [-0.15, -0.1) is 22.0 Å². The Morgan fingerprint density at radius 1 is 1.45 bits per heavy atom. The number of amides is 1. The summed E-state index contributed by atoms with van der Waals surface area (Å²) < 4.78 is 0. The number of aromatic nitrogens is 2. The van der Waals surface area contributed by atoms with Crippen LogP contribution in [0.5, 0.6) is 0 Å². The number of benzene rings is 1. The van der Waals surface area contributed by atoms with Crippen LogP contribution in [0, 0.1) is 0 Å². The minimum Gasteiger partial charge on any atom is -0.296 e. The van der Waals surface area contributed by atoms with Crippen molar-refractivity contribution in [1.82, 2.24) is 10.2 Å². The smallest absolute Gasteiger partial charge is 0.259 e. The van der Waals surface area contributed by atoms with E-state index in [2.05, 4.69) is 22.4 Å². The van der Waals surface area contributed by atoms with E-state index in [1.54, 1.807) is 23.9 Å². The number of halogens is 1. The zero-order chi connectivity index (χ0) is 14.5. The fraction of sp³-hybridized carbons (Fsp3) is 0.308. The first-order valence-electron chi connectivity index (χ1n) is 6.11. The first-order chi connectivity index (χ1) is 9.63. The van der Waals surface area contributed by atoms with Gasteiger partial charge in [-0.25, -0.2) is 0 Å². The number of nitrogens with one attached hydrogen (secondary N) is 1. The van der Waals surface area contributed by atoms with Gasteiger partial charge < -0.3 is 0 Å². The van der Waals surface area contributed by atoms with Gasteiger partial charge >= 0.3 is 0 Å². The highest BCUT2D eigenvalue weighted by Gasteiger charge is 2.13. The fourth-order valence-corrected chi connectivity index (χ4v) is 3.07. The standard InChI is InChI=1S/C13H14ClN3OS2/c1-3-4-11-16-17-13(20-11)15-12(18)9-7-8(19-2)5-6-10(9)14/h5-7H,3-4H2,1-2H3,(H,15,17,18). The second-order valence-corrected chi connectivity index (χ2v) is 6.40. The Morgan fingerprint density at radius 3 is 2.95 bits per heavy atom. The van der Waals surface area contributed by atoms with Crippen molar-refractivity contribution in [3.8, 4) is 0 Å². The Labute approximate surface area is 130 Å². The van der Waals surface area contributed by atoms with Crippen LogP contribution in [0.15, 0.2) is 23.1 Å². The lowest BCUT2D eigenvalue weighted by Crippen LogP contribution is -2.12. The summed E-state index contributed by atoms with van der Waals surface area (Å²) in [5.74, 6) is -0.259. The van der Waals surface area contributed by atoms with E-state index in [9.17, 15) is 4.79 Å². The monoisotopic (exact) mass is 327 g/mol. The molecule has 1 N–H and O–H groups in total. The minimum atomic E-state index is -0.259. The van der Waals surface area contributed by atoms with Crippen LogP contribution in [0.2, 0.25) is 5.02 Å². The van der Waals surface area contributed by atoms with Crippen molar-refractivity contribution in [2.45, 2.75) is 24.7 Å². The number of rotatable bonds is 5. The number of nitrogens with zero attached hydrogens (tertiary/aromatic N) is 2. The number of hydrogen-bond donors (Lipinski definition) is 1. The molecule has 0 fully saturated rings. The molecule has 7 heteroatoms. The third kappa shape index (κ3) is 3.71. The molecular weight excluding hydrogens is 314 g/mol. The van der Waals surface area contributed by atoms with Gasteiger partial charge in [0.15, 0.2) is 0 Å². The van der Waals surface area contributed by atoms with Crippen LogP contribution in [-0.2, 0) is 6.42 Å². The third-order valence-electron chi connectivity index (χ3n) is 2.57. The number of thioether (sulfide) groups is 1. The molecule has 20 heavy (non-hydrogen) atoms. The summed E-state index contributed by atoms with van der Waals surface area (Å²) in [4.78, 5) is 13.2. The van der Waals surface area contributed by atoms with Crippen LogP contribution in [0.4, 0.5) is 5.13 Å². The quantitative estimate of drug-likeness (QED) is 0.839. The number of hydrogen-bond acceptors (Lipinski definition) is 5. The fourth-order valence-electron chi connectivity index (χ4n) is 1.59. The Morgan fingerprint density at radius 2 is 2.25 bits per heavy atom. The van der Waals surface area contributed by atoms with Gasteiger partial charge in [0.25, 0.3) is 5.91 Å². The molecule has 4 nitrogen and oxygen atoms in total. The molecule has 0 unspecified atom stereocenters. The van der Waals surface area contributed by atoms with E-state index in [0.29, 0.717) is 15.7 Å². The molecule has 2 rings (SSSR count). The first-order valence-corrected chi connectivity index (χ1v) is 8.53. The molecule has 1 amide bonds. The second kappa shape index (κ2) is 7.06. The zero-order valence-electron chi connectivity index (χ0n) is 11.1. The highest BCUT2D eigenvalue weighted by atomic mass is 35.5. The van der Waals surface area contributed by atoms with Gasteiger partial charge in [-0.1, -0.05) is 29.9 Å². The van der Waals surface area contributed by atoms with Gasteiger partial charge in [0.05, 0.1) is 10.6 Å². The van der Waals surface area contributed by atoms with Gasteiger partial charge in [0.1, 0.15) is 5.01 Å². The molecule has 0 saturated carbocycles. The number of anilines is 1. The van der Waals surface area contributed by atoms with Crippen molar-refractivity contribution >= 4 is 45.7 Å². The molecule has 0 aliphatic heterocycles. The maximum Gasteiger partial charge on any atom is 0.259 e. The lowest BCUT2D eigenvalue weighted by atomic mass is 10.2. The van der Waals surface area contributed by atoms with Gasteiger partial charge in [-0.2, -0.15) is 0 Å². The van der Waals surface area contributed by atoms with Crippen LogP contribution in [0.1, 0.15) is 28.7 Å². The molecule has 0 atom stereocenters. The molecule has 0 aliphatic carbocycles. The average molecular weight is 328 g/mol. The van der Waals surface area contributed by atoms with Gasteiger partial charge in [-0.3, -0.25) is 10.1 Å². The average Bonchev–Trinajstić information content (AvgIpc) is 2.87. The molecule has 0 saturated heterocycles. The van der Waals surface area contributed by atoms with Crippen LogP contribution >= 0.6 is 34.7 Å². The van der Waals surface area contributed by atoms with Crippen LogP contribution in [0.3, 0.4) is 0 Å². The van der Waals surface area contributed by atoms with Crippen LogP contribution in [0.25, 0.3) is 0 Å². The van der Waals surface area contributed by atoms with E-state index in [1.165, 1.54) is 11.3 Å². The summed E-state index contributed by atoms with van der Waals surface area (Å²) >= 11 is 9.02. The first kappa shape index (κ1) is 15.3. The predicted octanol–water partition coefficient (Wildman–Crippen LogP) is 4.12. The normalized spacial score (nSPS) is 10.6. The summed E-state index contributed by atoms with van der Waals surface area (Å²) in [6, 6.07) is 5.38. The maximum atomic E-state index is 12.2. The Bertz CT molecular complexity index is 615. The molecule has 1 heterocycles. The lowest BCUT2D eigenvalue weighted by Gasteiger charge is -2.05. The maximum absolute atomic E-state index is 12.2. The van der Waals surface area contributed by atoms with Crippen molar-refractivity contribution in [3.05, 3.63) is 33.8 Å². The van der Waals surface area contributed by atoms with Gasteiger partial charge in [0, 0.05) is 11.3 Å². The Hall–Kier alpha value is -1.11. The van der Waals surface area contributed by atoms with Crippen molar-refractivity contribution in [1.29, 1.82) is 0 Å². The summed E-state index contributed by atoms with van der Waals surface area (Å²) in [6.07, 6.45) is 3.83. The molecule has 0 radical (unpaired) electrons. The SMILES string of the molecule is CCCc1nnc(NC(=O)c2cc(SC)ccc2Cl)s1. The van der Waals surface area contributed by atoms with Crippen molar-refractivity contribution in [2.24, 2.45) is 0 Å². The summed E-state index contributed by atoms with van der Waals surface area (Å²) in [5.41, 5.74) is 0.450. The van der Waals surface area contributed by atoms with Crippen molar-refractivity contribution < 1.29 is 4.79 Å². The molecule has 106 valence electrons. The van der Waals surface area contributed by atoms with Crippen LogP contribution < -0.4 is 5.32 Å². The molecule has 1 aromatic carbocycles. The molecule has 0 spiro atoms. The van der Waals surface area contributed by atoms with Crippen molar-refractivity contribution in [3.63, 3.8) is 0 Å². The second-order valence-electron chi connectivity index (χ2n) is 4.05. The Kier molecular flexibility index (Phi) is 5.39. The molecular formula is C13H14ClN3OS2. The third-order valence-corrected chi connectivity index (χ3v) is 4.52. The predicted molar refractivity (Wildman–Crippen MR) is 85.1 cm³/mol. The summed E-state index contributed by atoms with van der Waals surface area (Å²) in [7, 11) is 0. The molecule has 0 bridgehead atoms. The highest BCUT2D eigenvalue weighted by Crippen LogP contribution is 2.24. The minimum absolute atomic E-state index is 0.259. The zero-order valence-corrected chi connectivity index (χ0v) is 13.5. The highest BCUT2D eigenvalue weighted by molar-refractivity contribution is 7.98.